The Bertz CT molecular complexity index is 3490. The smallest absolute Gasteiger partial charge is 0.293 e. The first-order valence-electron chi connectivity index (χ1n) is 29.8. The van der Waals surface area contributed by atoms with Crippen molar-refractivity contribution in [1.82, 2.24) is 0 Å². The number of phenolic OH excluding ortho intramolecular Hbond substituents is 10. The van der Waals surface area contributed by atoms with Gasteiger partial charge in [0.1, 0.15) is 40.2 Å². The van der Waals surface area contributed by atoms with Crippen molar-refractivity contribution in [3.8, 4) is 57.5 Å². The maximum Gasteiger partial charge on any atom is 0.293 e. The van der Waals surface area contributed by atoms with E-state index in [1.807, 2.05) is 106 Å². The SMILES string of the molecule is CC.[2H]Oc1cc(C)cc(CC)c1.[2H]Oc1ccc(C(C)(C)c2ccc(C(C)(c3ccc(O[2H])cc3)c3ccc(O[2H])cc3)cc2)cc1.[2H]Oc1ccc(C(C)(C)c2ccc(O[2H])cc2)cc1.[2H]Oc1cccc(C(=O)c2ccc(O[2H])c(O[2H])c2O[2H])c1. The highest BCUT2D eigenvalue weighted by Crippen LogP contribution is 2.42. The molecule has 0 aliphatic heterocycles. The zero-order chi connectivity index (χ0) is 65.3. The Morgan fingerprint density at radius 2 is 0.772 bits per heavy atom. The number of hydrogen-bond donors (Lipinski definition) is 10. The molecule has 10 N–H and O–H groups in total. The number of carbonyl (C=O) groups is 1. The molecule has 0 aliphatic rings. The van der Waals surface area contributed by atoms with Crippen molar-refractivity contribution in [2.45, 2.75) is 85.0 Å². The van der Waals surface area contributed by atoms with Crippen LogP contribution in [-0.4, -0.2) is 71.2 Å². The molecule has 9 aromatic rings. The van der Waals surface area contributed by atoms with Gasteiger partial charge in [-0.05, 0) is 167 Å². The predicted molar refractivity (Wildman–Crippen MR) is 313 cm³/mol. The Hall–Kier alpha value is -9.35. The van der Waals surface area contributed by atoms with E-state index in [1.54, 1.807) is 48.5 Å². The normalized spacial score (nSPS) is 12.2. The number of rotatable bonds is 20. The summed E-state index contributed by atoms with van der Waals surface area (Å²) >= 11 is 0. The Morgan fingerprint density at radius 1 is 0.392 bits per heavy atom. The first-order valence-corrected chi connectivity index (χ1v) is 25.7. The van der Waals surface area contributed by atoms with E-state index in [0.29, 0.717) is 34.5 Å². The molecule has 0 atom stereocenters. The molecule has 0 fully saturated rings. The molecule has 0 saturated carbocycles. The van der Waals surface area contributed by atoms with Gasteiger partial charge in [0.25, 0.3) is 14.3 Å². The van der Waals surface area contributed by atoms with Gasteiger partial charge in [-0.25, -0.2) is 0 Å². The summed E-state index contributed by atoms with van der Waals surface area (Å²) in [4.78, 5) is 12.5. The third-order valence-corrected chi connectivity index (χ3v) is 13.7. The van der Waals surface area contributed by atoms with Crippen LogP contribution in [0.2, 0.25) is 0 Å². The van der Waals surface area contributed by atoms with Crippen molar-refractivity contribution in [3.05, 3.63) is 261 Å². The van der Waals surface area contributed by atoms with Gasteiger partial charge in [0.2, 0.25) is 5.75 Å². The van der Waals surface area contributed by atoms with Crippen molar-refractivity contribution in [2.75, 3.05) is 0 Å². The second-order valence-corrected chi connectivity index (χ2v) is 19.7. The lowest BCUT2D eigenvalue weighted by atomic mass is 9.70. The highest BCUT2D eigenvalue weighted by atomic mass is 16.3. The third-order valence-electron chi connectivity index (χ3n) is 13.7. The van der Waals surface area contributed by atoms with Crippen LogP contribution in [-0.2, 0) is 22.7 Å². The van der Waals surface area contributed by atoms with Crippen molar-refractivity contribution >= 4 is 5.78 Å². The number of aryl methyl sites for hydroxylation is 2. The summed E-state index contributed by atoms with van der Waals surface area (Å²) in [6.45, 7) is 18.9. The van der Waals surface area contributed by atoms with E-state index in [2.05, 4.69) is 123 Å². The van der Waals surface area contributed by atoms with Crippen LogP contribution >= 0.6 is 0 Å². The van der Waals surface area contributed by atoms with Gasteiger partial charge in [-0.1, -0.05) is 152 Å². The highest BCUT2D eigenvalue weighted by Gasteiger charge is 2.32. The molecule has 0 radical (unpaired) electrons. The molecule has 0 aliphatic carbocycles. The third kappa shape index (κ3) is 15.2. The Morgan fingerprint density at radius 3 is 1.14 bits per heavy atom. The van der Waals surface area contributed by atoms with E-state index in [4.69, 9.17) is 14.3 Å². The molecule has 0 aromatic heterocycles. The molecule has 0 amide bonds. The summed E-state index contributed by atoms with van der Waals surface area (Å²) in [6.07, 6.45) is 0.984. The van der Waals surface area contributed by atoms with Gasteiger partial charge >= 0.3 is 0 Å². The van der Waals surface area contributed by atoms with Crippen LogP contribution in [0.3, 0.4) is 0 Å². The van der Waals surface area contributed by atoms with E-state index in [0.717, 1.165) is 45.4 Å². The van der Waals surface area contributed by atoms with E-state index in [-0.39, 0.29) is 45.0 Å². The van der Waals surface area contributed by atoms with Crippen molar-refractivity contribution < 1.29 is 55.9 Å². The second-order valence-electron chi connectivity index (χ2n) is 19.7. The highest BCUT2D eigenvalue weighted by molar-refractivity contribution is 6.11. The number of phenols is 10. The molecular weight excluding hydrogens is 993 g/mol. The van der Waals surface area contributed by atoms with Crippen LogP contribution in [0.25, 0.3) is 0 Å². The van der Waals surface area contributed by atoms with Gasteiger partial charge in [0.05, 0.1) is 5.56 Å². The molecule has 0 unspecified atom stereocenters. The fourth-order valence-corrected chi connectivity index (χ4v) is 8.79. The summed E-state index contributed by atoms with van der Waals surface area (Å²) in [6, 6.07) is 60.5. The molecule has 11 heteroatoms. The topological polar surface area (TPSA) is 219 Å². The molecular formula is C68H72O11. The molecule has 79 heavy (non-hydrogen) atoms. The number of aromatic hydroxyl groups is 10. The summed E-state index contributed by atoms with van der Waals surface area (Å²) < 4.78 is 69.5. The van der Waals surface area contributed by atoms with E-state index >= 15 is 0 Å². The van der Waals surface area contributed by atoms with E-state index < -0.39 is 11.2 Å². The van der Waals surface area contributed by atoms with Crippen LogP contribution < -0.4 is 0 Å². The largest absolute Gasteiger partial charge is 0.508 e. The van der Waals surface area contributed by atoms with Gasteiger partial charge in [-0.15, -0.1) is 0 Å². The average molecular weight is 1080 g/mol. The maximum absolute atomic E-state index is 12.5. The first-order chi connectivity index (χ1) is 42.8. The van der Waals surface area contributed by atoms with Crippen molar-refractivity contribution in [3.63, 3.8) is 0 Å². The lowest BCUT2D eigenvalue weighted by Gasteiger charge is -2.33. The van der Waals surface area contributed by atoms with Crippen LogP contribution in [0.1, 0.15) is 121 Å². The average Bonchev–Trinajstić information content (AvgIpc) is 2.28. The van der Waals surface area contributed by atoms with Crippen LogP contribution in [0.4, 0.5) is 0 Å². The summed E-state index contributed by atoms with van der Waals surface area (Å²) in [5, 5.41) is 44.3. The second kappa shape index (κ2) is 26.6. The molecule has 0 saturated heterocycles. The molecule has 9 aromatic carbocycles. The Labute approximate surface area is 478 Å². The van der Waals surface area contributed by atoms with Crippen molar-refractivity contribution in [1.29, 1.82) is 14.3 Å². The minimum atomic E-state index is -0.531. The van der Waals surface area contributed by atoms with Crippen LogP contribution in [0, 0.1) is 6.92 Å². The number of hydrogen-bond acceptors (Lipinski definition) is 11. The first kappa shape index (κ1) is 46.9. The van der Waals surface area contributed by atoms with E-state index in [1.165, 1.54) is 47.5 Å². The molecule has 11 nitrogen and oxygen atoms in total. The number of ketones is 1. The summed E-state index contributed by atoms with van der Waals surface area (Å²) in [5.74, 6) is 1.91. The molecule has 410 valence electrons. The fourth-order valence-electron chi connectivity index (χ4n) is 8.79. The van der Waals surface area contributed by atoms with Gasteiger partial charge in [0, 0.05) is 21.8 Å². The van der Waals surface area contributed by atoms with Gasteiger partial charge in [-0.3, -0.25) is 4.79 Å². The lowest BCUT2D eigenvalue weighted by Crippen LogP contribution is -2.26. The van der Waals surface area contributed by atoms with E-state index in [9.17, 15) is 4.79 Å². The molecule has 0 bridgehead atoms. The minimum Gasteiger partial charge on any atom is -0.508 e. The Balaban J connectivity index is 0.000000230. The monoisotopic (exact) mass is 1070 g/mol. The van der Waals surface area contributed by atoms with Gasteiger partial charge < -0.3 is 51.1 Å². The van der Waals surface area contributed by atoms with Crippen LogP contribution in [0.15, 0.2) is 200 Å². The molecule has 0 spiro atoms. The Kier molecular flexibility index (Phi) is 15.8. The quantitative estimate of drug-likeness (QED) is 0.0197. The minimum absolute atomic E-state index is 0.0554. The van der Waals surface area contributed by atoms with Crippen LogP contribution in [0.5, 0.6) is 57.5 Å². The fraction of sp³-hybridized carbons (Fsp3) is 0.191. The molecule has 9 rings (SSSR count). The van der Waals surface area contributed by atoms with Crippen molar-refractivity contribution in [2.24, 2.45) is 0 Å². The van der Waals surface area contributed by atoms with Gasteiger partial charge in [0.15, 0.2) is 17.3 Å². The number of benzene rings is 9. The van der Waals surface area contributed by atoms with Gasteiger partial charge in [-0.2, -0.15) is 0 Å². The lowest BCUT2D eigenvalue weighted by molar-refractivity contribution is 0.103. The summed E-state index contributed by atoms with van der Waals surface area (Å²) in [5.41, 5.74) is 9.37. The zero-order valence-electron chi connectivity index (χ0n) is 55.8. The molecule has 0 heterocycles. The summed E-state index contributed by atoms with van der Waals surface area (Å²) in [7, 11) is 0. The zero-order valence-corrected chi connectivity index (χ0v) is 45.8. The maximum atomic E-state index is 12.5. The standard InChI is InChI=1S/C29H28O3.C15H16O2.C13H10O5.C9H12O.C2H6/c1-28(2,21-8-14-25(30)15-9-21)20-4-6-22(7-5-20)29(3,23-10-16-26(31)17-11-23)24-12-18-27(32)19-13-24;1-15(2,11-3-7-13(16)8-4-11)12-5-9-14(17)10-6-12;14-8-3-1-2-7(6-8)11(16)9-4-5-10(15)13(18)12(9)17;1-3-8-4-7(2)5-9(10)6-8;1-2/h4-19,30-32H,1-3H3;3-10,16-17H,1-2H3;1-6,14-15,17-18H;4-6,10H,3H2,1-2H3;1-2H3/i/hD10. The number of carbonyl (C=O) groups excluding carboxylic acids is 1. The predicted octanol–water partition coefficient (Wildman–Crippen LogP) is 14.9.